The summed E-state index contributed by atoms with van der Waals surface area (Å²) in [5.41, 5.74) is 9.25. The molecule has 0 bridgehead atoms. The number of hydrogen-bond acceptors (Lipinski definition) is 1. The number of hydrogen-bond donors (Lipinski definition) is 1. The highest BCUT2D eigenvalue weighted by Crippen LogP contribution is 2.17. The topological polar surface area (TPSA) is 26.0 Å². The van der Waals surface area contributed by atoms with E-state index in [2.05, 4.69) is 44.7 Å². The zero-order chi connectivity index (χ0) is 11.3. The minimum Gasteiger partial charge on any atom is -0.330 e. The summed E-state index contributed by atoms with van der Waals surface area (Å²) in [6.07, 6.45) is 2.02. The molecule has 0 aliphatic carbocycles. The van der Waals surface area contributed by atoms with E-state index in [1.165, 1.54) is 11.1 Å². The molecule has 2 N–H and O–H groups in total. The fraction of sp³-hybridized carbons (Fsp3) is 0.429. The summed E-state index contributed by atoms with van der Waals surface area (Å²) < 4.78 is 0. The first kappa shape index (κ1) is 12.0. The normalized spacial score (nSPS) is 10.7. The first-order valence-corrected chi connectivity index (χ1v) is 5.60. The molecule has 1 aromatic carbocycles. The standard InChI is InChI=1S/C14H21N/c1-11(2)10-13-4-6-14(7-5-13)12(3)8-9-15/h4-7,11H,3,8-10,15H2,1-2H3. The van der Waals surface area contributed by atoms with Crippen molar-refractivity contribution in [2.75, 3.05) is 6.54 Å². The monoisotopic (exact) mass is 203 g/mol. The maximum Gasteiger partial charge on any atom is -0.00367 e. The van der Waals surface area contributed by atoms with E-state index in [1.807, 2.05) is 0 Å². The zero-order valence-electron chi connectivity index (χ0n) is 9.79. The summed E-state index contributed by atoms with van der Waals surface area (Å²) in [6, 6.07) is 8.68. The second-order valence-corrected chi connectivity index (χ2v) is 4.44. The van der Waals surface area contributed by atoms with Crippen molar-refractivity contribution in [1.29, 1.82) is 0 Å². The summed E-state index contributed by atoms with van der Waals surface area (Å²) in [5, 5.41) is 0. The summed E-state index contributed by atoms with van der Waals surface area (Å²) in [7, 11) is 0. The van der Waals surface area contributed by atoms with Gasteiger partial charge in [0.2, 0.25) is 0 Å². The minimum atomic E-state index is 0.673. The van der Waals surface area contributed by atoms with Crippen molar-refractivity contribution >= 4 is 5.57 Å². The molecule has 1 nitrogen and oxygen atoms in total. The van der Waals surface area contributed by atoms with E-state index in [0.29, 0.717) is 12.5 Å². The average Bonchev–Trinajstić information content (AvgIpc) is 2.18. The van der Waals surface area contributed by atoms with Crippen LogP contribution in [0.25, 0.3) is 5.57 Å². The van der Waals surface area contributed by atoms with Gasteiger partial charge in [0, 0.05) is 0 Å². The highest BCUT2D eigenvalue weighted by Gasteiger charge is 2.00. The van der Waals surface area contributed by atoms with Crippen LogP contribution in [0.3, 0.4) is 0 Å². The van der Waals surface area contributed by atoms with Crippen molar-refractivity contribution in [2.24, 2.45) is 11.7 Å². The van der Waals surface area contributed by atoms with Gasteiger partial charge in [-0.3, -0.25) is 0 Å². The fourth-order valence-electron chi connectivity index (χ4n) is 1.67. The third-order valence-corrected chi connectivity index (χ3v) is 2.45. The molecule has 0 aliphatic heterocycles. The first-order valence-electron chi connectivity index (χ1n) is 5.60. The second-order valence-electron chi connectivity index (χ2n) is 4.44. The molecule has 82 valence electrons. The van der Waals surface area contributed by atoms with Crippen LogP contribution in [0.2, 0.25) is 0 Å². The lowest BCUT2D eigenvalue weighted by molar-refractivity contribution is 0.647. The van der Waals surface area contributed by atoms with E-state index in [1.54, 1.807) is 0 Å². The largest absolute Gasteiger partial charge is 0.330 e. The molecule has 0 atom stereocenters. The van der Waals surface area contributed by atoms with Crippen LogP contribution in [0, 0.1) is 5.92 Å². The smallest absolute Gasteiger partial charge is 0.00367 e. The Balaban J connectivity index is 2.67. The van der Waals surface area contributed by atoms with Gasteiger partial charge < -0.3 is 5.73 Å². The van der Waals surface area contributed by atoms with Crippen LogP contribution in [-0.4, -0.2) is 6.54 Å². The average molecular weight is 203 g/mol. The molecule has 1 rings (SSSR count). The van der Waals surface area contributed by atoms with E-state index in [9.17, 15) is 0 Å². The predicted molar refractivity (Wildman–Crippen MR) is 67.7 cm³/mol. The quantitative estimate of drug-likeness (QED) is 0.781. The van der Waals surface area contributed by atoms with Crippen LogP contribution in [0.15, 0.2) is 30.8 Å². The lowest BCUT2D eigenvalue weighted by Crippen LogP contribution is -1.99. The molecule has 0 saturated carbocycles. The van der Waals surface area contributed by atoms with Crippen LogP contribution in [-0.2, 0) is 6.42 Å². The minimum absolute atomic E-state index is 0.673. The Bertz CT molecular complexity index is 309. The molecule has 0 saturated heterocycles. The van der Waals surface area contributed by atoms with Crippen molar-refractivity contribution < 1.29 is 0 Å². The maximum absolute atomic E-state index is 5.50. The van der Waals surface area contributed by atoms with Gasteiger partial charge in [-0.2, -0.15) is 0 Å². The number of nitrogens with two attached hydrogens (primary N) is 1. The molecule has 0 radical (unpaired) electrons. The van der Waals surface area contributed by atoms with E-state index < -0.39 is 0 Å². The molecule has 15 heavy (non-hydrogen) atoms. The van der Waals surface area contributed by atoms with Crippen molar-refractivity contribution in [3.05, 3.63) is 42.0 Å². The van der Waals surface area contributed by atoms with Gasteiger partial charge in [0.15, 0.2) is 0 Å². The number of rotatable bonds is 5. The summed E-state index contributed by atoms with van der Waals surface area (Å²) in [4.78, 5) is 0. The zero-order valence-corrected chi connectivity index (χ0v) is 9.79. The third-order valence-electron chi connectivity index (χ3n) is 2.45. The highest BCUT2D eigenvalue weighted by atomic mass is 14.5. The van der Waals surface area contributed by atoms with Crippen molar-refractivity contribution in [2.45, 2.75) is 26.7 Å². The Labute approximate surface area is 93.0 Å². The maximum atomic E-state index is 5.50. The van der Waals surface area contributed by atoms with Gasteiger partial charge in [-0.05, 0) is 42.0 Å². The van der Waals surface area contributed by atoms with Crippen molar-refractivity contribution in [1.82, 2.24) is 0 Å². The van der Waals surface area contributed by atoms with Gasteiger partial charge in [0.05, 0.1) is 0 Å². The third kappa shape index (κ3) is 3.88. The highest BCUT2D eigenvalue weighted by molar-refractivity contribution is 5.63. The molecule has 0 heterocycles. The molecule has 0 unspecified atom stereocenters. The summed E-state index contributed by atoms with van der Waals surface area (Å²) in [5.74, 6) is 0.711. The van der Waals surface area contributed by atoms with Gasteiger partial charge in [0.25, 0.3) is 0 Å². The Morgan fingerprint density at radius 1 is 1.27 bits per heavy atom. The molecule has 0 amide bonds. The fourth-order valence-corrected chi connectivity index (χ4v) is 1.67. The summed E-state index contributed by atoms with van der Waals surface area (Å²) in [6.45, 7) is 9.17. The SMILES string of the molecule is C=C(CCN)c1ccc(CC(C)C)cc1. The van der Waals surface area contributed by atoms with Crippen molar-refractivity contribution in [3.8, 4) is 0 Å². The van der Waals surface area contributed by atoms with Gasteiger partial charge in [-0.25, -0.2) is 0 Å². The van der Waals surface area contributed by atoms with E-state index in [4.69, 9.17) is 5.73 Å². The Morgan fingerprint density at radius 2 is 1.87 bits per heavy atom. The van der Waals surface area contributed by atoms with Crippen LogP contribution in [0.5, 0.6) is 0 Å². The van der Waals surface area contributed by atoms with Gasteiger partial charge >= 0.3 is 0 Å². The van der Waals surface area contributed by atoms with E-state index in [0.717, 1.165) is 18.4 Å². The van der Waals surface area contributed by atoms with Gasteiger partial charge in [-0.1, -0.05) is 44.7 Å². The lowest BCUT2D eigenvalue weighted by Gasteiger charge is -2.07. The molecule has 0 aliphatic rings. The molecule has 1 heteroatoms. The van der Waals surface area contributed by atoms with Crippen LogP contribution in [0.4, 0.5) is 0 Å². The molecule has 0 fully saturated rings. The molecule has 0 aromatic heterocycles. The van der Waals surface area contributed by atoms with Crippen LogP contribution >= 0.6 is 0 Å². The van der Waals surface area contributed by atoms with Crippen molar-refractivity contribution in [3.63, 3.8) is 0 Å². The Hall–Kier alpha value is -1.08. The molecular formula is C14H21N. The number of benzene rings is 1. The predicted octanol–water partition coefficient (Wildman–Crippen LogP) is 3.25. The van der Waals surface area contributed by atoms with Crippen LogP contribution < -0.4 is 5.73 Å². The first-order chi connectivity index (χ1) is 7.13. The van der Waals surface area contributed by atoms with Gasteiger partial charge in [-0.15, -0.1) is 0 Å². The van der Waals surface area contributed by atoms with Gasteiger partial charge in [0.1, 0.15) is 0 Å². The van der Waals surface area contributed by atoms with Crippen LogP contribution in [0.1, 0.15) is 31.4 Å². The summed E-state index contributed by atoms with van der Waals surface area (Å²) >= 11 is 0. The molecule has 1 aromatic rings. The van der Waals surface area contributed by atoms with E-state index in [-0.39, 0.29) is 0 Å². The second kappa shape index (κ2) is 5.72. The lowest BCUT2D eigenvalue weighted by atomic mass is 9.99. The molecule has 0 spiro atoms. The Morgan fingerprint density at radius 3 is 2.33 bits per heavy atom. The van der Waals surface area contributed by atoms with E-state index >= 15 is 0 Å². The Kier molecular flexibility index (Phi) is 4.57. The molecular weight excluding hydrogens is 182 g/mol.